The van der Waals surface area contributed by atoms with Gasteiger partial charge in [0.1, 0.15) is 5.52 Å². The molecule has 1 saturated carbocycles. The van der Waals surface area contributed by atoms with Crippen LogP contribution in [0.15, 0.2) is 30.5 Å². The van der Waals surface area contributed by atoms with E-state index in [-0.39, 0.29) is 36.6 Å². The third kappa shape index (κ3) is 3.30. The van der Waals surface area contributed by atoms with E-state index in [1.807, 2.05) is 0 Å². The lowest BCUT2D eigenvalue weighted by atomic mass is 9.81. The molecule has 0 spiro atoms. The third-order valence-corrected chi connectivity index (χ3v) is 5.70. The summed E-state index contributed by atoms with van der Waals surface area (Å²) < 4.78 is 5.42. The van der Waals surface area contributed by atoms with E-state index in [0.29, 0.717) is 21.7 Å². The summed E-state index contributed by atoms with van der Waals surface area (Å²) in [6, 6.07) is 6.79. The number of hydrogen-bond donors (Lipinski definition) is 0. The van der Waals surface area contributed by atoms with Crippen LogP contribution in [0, 0.1) is 11.8 Å². The number of benzene rings is 1. The second-order valence-electron chi connectivity index (χ2n) is 6.99. The van der Waals surface area contributed by atoms with Crippen molar-refractivity contribution in [3.05, 3.63) is 35.5 Å². The Kier molecular flexibility index (Phi) is 4.83. The van der Waals surface area contributed by atoms with Crippen LogP contribution in [0.4, 0.5) is 0 Å². The Balaban J connectivity index is 1.43. The Morgan fingerprint density at radius 2 is 1.85 bits per heavy atom. The standard InChI is InChI=1S/C20H19ClN2O4/c21-15-7-8-16(18-14(15)6-3-10-22-18)27-17(24)9-11-23-19(25)12-4-1-2-5-13(12)20(23)26/h3,6-8,10,12-13H,1-2,4-5,9,11H2/t12-,13-/m0/s1. The molecule has 2 amide bonds. The number of hydrogen-bond acceptors (Lipinski definition) is 5. The molecular weight excluding hydrogens is 368 g/mol. The molecule has 1 aliphatic carbocycles. The van der Waals surface area contributed by atoms with E-state index in [9.17, 15) is 14.4 Å². The molecule has 1 aliphatic heterocycles. The van der Waals surface area contributed by atoms with Gasteiger partial charge in [-0.15, -0.1) is 0 Å². The molecule has 140 valence electrons. The molecule has 7 heteroatoms. The molecule has 2 fully saturated rings. The number of halogens is 1. The first-order chi connectivity index (χ1) is 13.1. The number of fused-ring (bicyclic) bond motifs is 2. The highest BCUT2D eigenvalue weighted by Gasteiger charge is 2.47. The number of aromatic nitrogens is 1. The fraction of sp³-hybridized carbons (Fsp3) is 0.400. The Hall–Kier alpha value is -2.47. The van der Waals surface area contributed by atoms with E-state index in [1.165, 1.54) is 4.90 Å². The van der Waals surface area contributed by atoms with Crippen molar-refractivity contribution in [1.29, 1.82) is 0 Å². The van der Waals surface area contributed by atoms with Crippen molar-refractivity contribution in [1.82, 2.24) is 9.88 Å². The zero-order valence-electron chi connectivity index (χ0n) is 14.7. The number of nitrogens with zero attached hydrogens (tertiary/aromatic N) is 2. The first-order valence-corrected chi connectivity index (χ1v) is 9.53. The fourth-order valence-electron chi connectivity index (χ4n) is 4.02. The number of amides is 2. The zero-order valence-corrected chi connectivity index (χ0v) is 15.4. The van der Waals surface area contributed by atoms with Crippen LogP contribution in [0.5, 0.6) is 5.75 Å². The molecule has 0 N–H and O–H groups in total. The van der Waals surface area contributed by atoms with E-state index in [1.54, 1.807) is 30.5 Å². The zero-order chi connectivity index (χ0) is 19.0. The first-order valence-electron chi connectivity index (χ1n) is 9.15. The SMILES string of the molecule is O=C(CCN1C(=O)[C@H]2CCCC[C@@H]2C1=O)Oc1ccc(Cl)c2cccnc12. The molecule has 2 atom stereocenters. The smallest absolute Gasteiger partial charge is 0.313 e. The fourth-order valence-corrected chi connectivity index (χ4v) is 4.24. The molecule has 1 aromatic carbocycles. The summed E-state index contributed by atoms with van der Waals surface area (Å²) in [4.78, 5) is 42.7. The van der Waals surface area contributed by atoms with Crippen LogP contribution in [0.1, 0.15) is 32.1 Å². The summed E-state index contributed by atoms with van der Waals surface area (Å²) in [6.07, 6.45) is 5.03. The number of rotatable bonds is 4. The molecule has 4 rings (SSSR count). The van der Waals surface area contributed by atoms with Crippen LogP contribution in [0.3, 0.4) is 0 Å². The summed E-state index contributed by atoms with van der Waals surface area (Å²) in [5, 5.41) is 1.22. The third-order valence-electron chi connectivity index (χ3n) is 5.38. The van der Waals surface area contributed by atoms with Gasteiger partial charge in [0, 0.05) is 18.1 Å². The summed E-state index contributed by atoms with van der Waals surface area (Å²) in [7, 11) is 0. The van der Waals surface area contributed by atoms with Crippen molar-refractivity contribution < 1.29 is 19.1 Å². The van der Waals surface area contributed by atoms with Crippen LogP contribution in [-0.4, -0.2) is 34.2 Å². The molecule has 2 heterocycles. The van der Waals surface area contributed by atoms with Crippen LogP contribution in [0.25, 0.3) is 10.9 Å². The first kappa shape index (κ1) is 17.9. The molecule has 0 bridgehead atoms. The maximum absolute atomic E-state index is 12.5. The number of likely N-dealkylation sites (tertiary alicyclic amines) is 1. The van der Waals surface area contributed by atoms with Gasteiger partial charge in [-0.05, 0) is 37.1 Å². The van der Waals surface area contributed by atoms with E-state index in [4.69, 9.17) is 16.3 Å². The number of imide groups is 1. The highest BCUT2D eigenvalue weighted by atomic mass is 35.5. The number of carbonyl (C=O) groups is 3. The van der Waals surface area contributed by atoms with Crippen LogP contribution in [0.2, 0.25) is 5.02 Å². The Morgan fingerprint density at radius 3 is 2.56 bits per heavy atom. The van der Waals surface area contributed by atoms with Crippen LogP contribution < -0.4 is 4.74 Å². The highest BCUT2D eigenvalue weighted by Crippen LogP contribution is 2.38. The van der Waals surface area contributed by atoms with Gasteiger partial charge in [-0.3, -0.25) is 24.3 Å². The van der Waals surface area contributed by atoms with E-state index in [0.717, 1.165) is 25.7 Å². The predicted molar refractivity (Wildman–Crippen MR) is 99.2 cm³/mol. The quantitative estimate of drug-likeness (QED) is 0.457. The molecule has 0 radical (unpaired) electrons. The lowest BCUT2D eigenvalue weighted by molar-refractivity contribution is -0.141. The average molecular weight is 387 g/mol. The highest BCUT2D eigenvalue weighted by molar-refractivity contribution is 6.35. The second-order valence-corrected chi connectivity index (χ2v) is 7.40. The molecule has 27 heavy (non-hydrogen) atoms. The van der Waals surface area contributed by atoms with Gasteiger partial charge in [-0.1, -0.05) is 24.4 Å². The molecule has 1 saturated heterocycles. The molecular formula is C20H19ClN2O4. The minimum absolute atomic E-state index is 0.0477. The van der Waals surface area contributed by atoms with Crippen LogP contribution >= 0.6 is 11.6 Å². The second kappa shape index (κ2) is 7.27. The largest absolute Gasteiger partial charge is 0.424 e. The summed E-state index contributed by atoms with van der Waals surface area (Å²) >= 11 is 6.14. The predicted octanol–water partition coefficient (Wildman–Crippen LogP) is 3.36. The monoisotopic (exact) mass is 386 g/mol. The van der Waals surface area contributed by atoms with Gasteiger partial charge < -0.3 is 4.74 Å². The normalized spacial score (nSPS) is 22.2. The van der Waals surface area contributed by atoms with Crippen molar-refractivity contribution in [2.24, 2.45) is 11.8 Å². The topological polar surface area (TPSA) is 76.6 Å². The number of pyridine rings is 1. The number of ether oxygens (including phenoxy) is 1. The molecule has 1 aromatic heterocycles. The van der Waals surface area contributed by atoms with Crippen molar-refractivity contribution in [2.45, 2.75) is 32.1 Å². The molecule has 0 unspecified atom stereocenters. The minimum atomic E-state index is -0.514. The van der Waals surface area contributed by atoms with Gasteiger partial charge in [0.2, 0.25) is 11.8 Å². The van der Waals surface area contributed by atoms with E-state index < -0.39 is 5.97 Å². The van der Waals surface area contributed by atoms with Gasteiger partial charge >= 0.3 is 5.97 Å². The maximum atomic E-state index is 12.5. The average Bonchev–Trinajstić information content (AvgIpc) is 2.93. The lowest BCUT2D eigenvalue weighted by Gasteiger charge is -2.19. The molecule has 6 nitrogen and oxygen atoms in total. The van der Waals surface area contributed by atoms with Gasteiger partial charge in [-0.25, -0.2) is 0 Å². The lowest BCUT2D eigenvalue weighted by Crippen LogP contribution is -2.33. The van der Waals surface area contributed by atoms with E-state index in [2.05, 4.69) is 4.98 Å². The van der Waals surface area contributed by atoms with Crippen molar-refractivity contribution >= 4 is 40.3 Å². The van der Waals surface area contributed by atoms with Gasteiger partial charge in [0.05, 0.1) is 23.3 Å². The summed E-state index contributed by atoms with van der Waals surface area (Å²) in [5.41, 5.74) is 0.498. The Bertz CT molecular complexity index is 905. The summed E-state index contributed by atoms with van der Waals surface area (Å²) in [6.45, 7) is 0.0580. The van der Waals surface area contributed by atoms with Crippen molar-refractivity contribution in [3.63, 3.8) is 0 Å². The summed E-state index contributed by atoms with van der Waals surface area (Å²) in [5.74, 6) is -0.891. The number of carbonyl (C=O) groups excluding carboxylic acids is 3. The van der Waals surface area contributed by atoms with Gasteiger partial charge in [0.25, 0.3) is 0 Å². The van der Waals surface area contributed by atoms with Crippen molar-refractivity contribution in [3.8, 4) is 5.75 Å². The Morgan fingerprint density at radius 1 is 1.15 bits per heavy atom. The van der Waals surface area contributed by atoms with Gasteiger partial charge in [0.15, 0.2) is 5.75 Å². The van der Waals surface area contributed by atoms with Crippen molar-refractivity contribution in [2.75, 3.05) is 6.54 Å². The van der Waals surface area contributed by atoms with Gasteiger partial charge in [-0.2, -0.15) is 0 Å². The van der Waals surface area contributed by atoms with Crippen LogP contribution in [-0.2, 0) is 14.4 Å². The minimum Gasteiger partial charge on any atom is -0.424 e. The molecule has 2 aromatic rings. The number of esters is 1. The molecule has 2 aliphatic rings. The maximum Gasteiger partial charge on any atom is 0.313 e. The Labute approximate surface area is 161 Å². The van der Waals surface area contributed by atoms with E-state index >= 15 is 0 Å².